The maximum atomic E-state index is 11.5. The Morgan fingerprint density at radius 3 is 2.82 bits per heavy atom. The second-order valence-corrected chi connectivity index (χ2v) is 3.64. The number of carbonyl (C=O) groups excluding carboxylic acids is 1. The van der Waals surface area contributed by atoms with Crippen molar-refractivity contribution in [1.29, 1.82) is 0 Å². The topological polar surface area (TPSA) is 98.3 Å². The zero-order valence-corrected chi connectivity index (χ0v) is 9.80. The largest absolute Gasteiger partial charge is 0.480 e. The van der Waals surface area contributed by atoms with E-state index in [9.17, 15) is 9.59 Å². The number of imidazole rings is 1. The van der Waals surface area contributed by atoms with E-state index in [0.29, 0.717) is 12.2 Å². The molecule has 7 nitrogen and oxygen atoms in total. The lowest BCUT2D eigenvalue weighted by atomic mass is 10.1. The molecular weight excluding hydrogens is 224 g/mol. The van der Waals surface area contributed by atoms with Crippen molar-refractivity contribution in [2.24, 2.45) is 0 Å². The molecule has 0 aliphatic rings. The van der Waals surface area contributed by atoms with Crippen LogP contribution in [0.5, 0.6) is 0 Å². The number of nitrogens with zero attached hydrogens (tertiary/aromatic N) is 2. The summed E-state index contributed by atoms with van der Waals surface area (Å²) >= 11 is 0. The van der Waals surface area contributed by atoms with Crippen LogP contribution in [0.4, 0.5) is 4.79 Å². The van der Waals surface area contributed by atoms with E-state index in [1.165, 1.54) is 17.4 Å². The SMILES string of the molecule is CCN(C)C(=O)NC(Cc1cnc[nH]1)C(=O)O. The van der Waals surface area contributed by atoms with Crippen LogP contribution in [-0.4, -0.2) is 51.6 Å². The van der Waals surface area contributed by atoms with Crippen molar-refractivity contribution in [3.8, 4) is 0 Å². The molecule has 1 aromatic rings. The number of hydrogen-bond acceptors (Lipinski definition) is 3. The summed E-state index contributed by atoms with van der Waals surface area (Å²) in [4.78, 5) is 30.5. The monoisotopic (exact) mass is 240 g/mol. The van der Waals surface area contributed by atoms with E-state index in [0.717, 1.165) is 0 Å². The molecule has 94 valence electrons. The molecule has 1 aromatic heterocycles. The average molecular weight is 240 g/mol. The highest BCUT2D eigenvalue weighted by atomic mass is 16.4. The molecule has 0 saturated heterocycles. The van der Waals surface area contributed by atoms with E-state index in [-0.39, 0.29) is 6.42 Å². The van der Waals surface area contributed by atoms with E-state index in [1.807, 2.05) is 6.92 Å². The van der Waals surface area contributed by atoms with Gasteiger partial charge in [0, 0.05) is 31.9 Å². The first kappa shape index (κ1) is 13.0. The zero-order valence-electron chi connectivity index (χ0n) is 9.80. The number of amides is 2. The van der Waals surface area contributed by atoms with Gasteiger partial charge in [-0.15, -0.1) is 0 Å². The van der Waals surface area contributed by atoms with Crippen molar-refractivity contribution >= 4 is 12.0 Å². The van der Waals surface area contributed by atoms with Gasteiger partial charge in [0.1, 0.15) is 6.04 Å². The van der Waals surface area contributed by atoms with Gasteiger partial charge in [-0.2, -0.15) is 0 Å². The van der Waals surface area contributed by atoms with Gasteiger partial charge in [0.05, 0.1) is 6.33 Å². The smallest absolute Gasteiger partial charge is 0.326 e. The van der Waals surface area contributed by atoms with Crippen molar-refractivity contribution in [1.82, 2.24) is 20.2 Å². The Kier molecular flexibility index (Phi) is 4.50. The molecule has 7 heteroatoms. The fraction of sp³-hybridized carbons (Fsp3) is 0.500. The van der Waals surface area contributed by atoms with E-state index in [4.69, 9.17) is 5.11 Å². The summed E-state index contributed by atoms with van der Waals surface area (Å²) in [6.07, 6.45) is 3.18. The van der Waals surface area contributed by atoms with Crippen LogP contribution in [0.3, 0.4) is 0 Å². The highest BCUT2D eigenvalue weighted by Crippen LogP contribution is 1.99. The Bertz CT molecular complexity index is 377. The first-order chi connectivity index (χ1) is 8.04. The van der Waals surface area contributed by atoms with Gasteiger partial charge >= 0.3 is 12.0 Å². The molecule has 0 bridgehead atoms. The molecule has 2 amide bonds. The lowest BCUT2D eigenvalue weighted by Crippen LogP contribution is -2.47. The Morgan fingerprint density at radius 1 is 1.65 bits per heavy atom. The number of carboxylic acid groups (broad SMARTS) is 1. The van der Waals surface area contributed by atoms with Crippen LogP contribution in [0.25, 0.3) is 0 Å². The highest BCUT2D eigenvalue weighted by Gasteiger charge is 2.22. The number of carbonyl (C=O) groups is 2. The molecule has 17 heavy (non-hydrogen) atoms. The number of urea groups is 1. The summed E-state index contributed by atoms with van der Waals surface area (Å²) in [5, 5.41) is 11.5. The van der Waals surface area contributed by atoms with Crippen LogP contribution < -0.4 is 5.32 Å². The number of aliphatic carboxylic acids is 1. The third-order valence-corrected chi connectivity index (χ3v) is 2.40. The number of aromatic amines is 1. The first-order valence-electron chi connectivity index (χ1n) is 5.26. The molecule has 0 aliphatic heterocycles. The van der Waals surface area contributed by atoms with Gasteiger partial charge in [0.15, 0.2) is 0 Å². The lowest BCUT2D eigenvalue weighted by molar-refractivity contribution is -0.139. The van der Waals surface area contributed by atoms with E-state index in [2.05, 4.69) is 15.3 Å². The van der Waals surface area contributed by atoms with Crippen molar-refractivity contribution < 1.29 is 14.7 Å². The number of aromatic nitrogens is 2. The number of carboxylic acids is 1. The molecule has 0 aromatic carbocycles. The quantitative estimate of drug-likeness (QED) is 0.678. The average Bonchev–Trinajstić information content (AvgIpc) is 2.79. The second kappa shape index (κ2) is 5.88. The van der Waals surface area contributed by atoms with E-state index >= 15 is 0 Å². The van der Waals surface area contributed by atoms with Gasteiger partial charge in [0.25, 0.3) is 0 Å². The van der Waals surface area contributed by atoms with Crippen LogP contribution in [0, 0.1) is 0 Å². The minimum absolute atomic E-state index is 0.179. The Labute approximate surface area is 98.8 Å². The number of nitrogens with one attached hydrogen (secondary N) is 2. The van der Waals surface area contributed by atoms with Crippen molar-refractivity contribution in [2.45, 2.75) is 19.4 Å². The summed E-state index contributed by atoms with van der Waals surface area (Å²) in [6, 6.07) is -1.36. The Balaban J connectivity index is 2.61. The lowest BCUT2D eigenvalue weighted by Gasteiger charge is -2.19. The van der Waals surface area contributed by atoms with Gasteiger partial charge in [-0.05, 0) is 6.92 Å². The molecule has 0 spiro atoms. The molecular formula is C10H16N4O3. The standard InChI is InChI=1S/C10H16N4O3/c1-3-14(2)10(17)13-8(9(15)16)4-7-5-11-6-12-7/h5-6,8H,3-4H2,1-2H3,(H,11,12)(H,13,17)(H,15,16). The summed E-state index contributed by atoms with van der Waals surface area (Å²) in [6.45, 7) is 2.33. The van der Waals surface area contributed by atoms with E-state index in [1.54, 1.807) is 7.05 Å². The maximum Gasteiger partial charge on any atom is 0.326 e. The predicted octanol–water partition coefficient (Wildman–Crippen LogP) is 0.0667. The molecule has 3 N–H and O–H groups in total. The van der Waals surface area contributed by atoms with Crippen LogP contribution in [-0.2, 0) is 11.2 Å². The first-order valence-corrected chi connectivity index (χ1v) is 5.26. The third kappa shape index (κ3) is 3.78. The van der Waals surface area contributed by atoms with Crippen LogP contribution in [0.2, 0.25) is 0 Å². The summed E-state index contributed by atoms with van der Waals surface area (Å²) in [7, 11) is 1.60. The Morgan fingerprint density at radius 2 is 2.35 bits per heavy atom. The molecule has 0 radical (unpaired) electrons. The highest BCUT2D eigenvalue weighted by molar-refractivity contribution is 5.82. The normalized spacial score (nSPS) is 11.9. The minimum Gasteiger partial charge on any atom is -0.480 e. The number of hydrogen-bond donors (Lipinski definition) is 3. The zero-order chi connectivity index (χ0) is 12.8. The van der Waals surface area contributed by atoms with Gasteiger partial charge < -0.3 is 20.3 Å². The van der Waals surface area contributed by atoms with Crippen molar-refractivity contribution in [2.75, 3.05) is 13.6 Å². The van der Waals surface area contributed by atoms with Crippen LogP contribution in [0.15, 0.2) is 12.5 Å². The minimum atomic E-state index is -1.07. The third-order valence-electron chi connectivity index (χ3n) is 2.40. The van der Waals surface area contributed by atoms with E-state index < -0.39 is 18.0 Å². The number of rotatable bonds is 5. The van der Waals surface area contributed by atoms with Gasteiger partial charge in [0.2, 0.25) is 0 Å². The van der Waals surface area contributed by atoms with Gasteiger partial charge in [-0.25, -0.2) is 14.6 Å². The molecule has 1 unspecified atom stereocenters. The van der Waals surface area contributed by atoms with Gasteiger partial charge in [-0.1, -0.05) is 0 Å². The Hall–Kier alpha value is -2.05. The van der Waals surface area contributed by atoms with Crippen LogP contribution >= 0.6 is 0 Å². The second-order valence-electron chi connectivity index (χ2n) is 3.64. The summed E-state index contributed by atoms with van der Waals surface area (Å²) in [5.41, 5.74) is 0.664. The fourth-order valence-corrected chi connectivity index (χ4v) is 1.22. The van der Waals surface area contributed by atoms with Crippen molar-refractivity contribution in [3.05, 3.63) is 18.2 Å². The fourth-order valence-electron chi connectivity index (χ4n) is 1.22. The molecule has 1 rings (SSSR count). The summed E-state index contributed by atoms with van der Waals surface area (Å²) < 4.78 is 0. The van der Waals surface area contributed by atoms with Gasteiger partial charge in [-0.3, -0.25) is 0 Å². The van der Waals surface area contributed by atoms with Crippen LogP contribution in [0.1, 0.15) is 12.6 Å². The maximum absolute atomic E-state index is 11.5. The number of H-pyrrole nitrogens is 1. The molecule has 0 fully saturated rings. The van der Waals surface area contributed by atoms with Crippen molar-refractivity contribution in [3.63, 3.8) is 0 Å². The molecule has 0 aliphatic carbocycles. The molecule has 0 saturated carbocycles. The summed E-state index contributed by atoms with van der Waals surface area (Å²) in [5.74, 6) is -1.07. The predicted molar refractivity (Wildman–Crippen MR) is 60.6 cm³/mol. The molecule has 1 heterocycles. The molecule has 1 atom stereocenters.